The average molecular weight is 192 g/mol. The van der Waals surface area contributed by atoms with E-state index in [1.807, 2.05) is 13.1 Å². The first-order valence-corrected chi connectivity index (χ1v) is 5.08. The molecule has 0 unspecified atom stereocenters. The Morgan fingerprint density at radius 3 is 3.21 bits per heavy atom. The number of aromatic nitrogens is 2. The van der Waals surface area contributed by atoms with Crippen molar-refractivity contribution in [2.45, 2.75) is 12.8 Å². The van der Waals surface area contributed by atoms with Gasteiger partial charge < -0.3 is 10.6 Å². The van der Waals surface area contributed by atoms with E-state index in [1.54, 1.807) is 6.33 Å². The fraction of sp³-hybridized carbons (Fsp3) is 0.600. The van der Waals surface area contributed by atoms with Gasteiger partial charge in [-0.2, -0.15) is 0 Å². The van der Waals surface area contributed by atoms with E-state index in [9.17, 15) is 0 Å². The molecule has 1 aliphatic heterocycles. The molecule has 0 bridgehead atoms. The van der Waals surface area contributed by atoms with Crippen LogP contribution in [0.2, 0.25) is 0 Å². The zero-order valence-electron chi connectivity index (χ0n) is 8.45. The summed E-state index contributed by atoms with van der Waals surface area (Å²) in [5.74, 6) is 1.65. The van der Waals surface area contributed by atoms with E-state index in [4.69, 9.17) is 0 Å². The van der Waals surface area contributed by atoms with Crippen molar-refractivity contribution < 1.29 is 0 Å². The van der Waals surface area contributed by atoms with Crippen LogP contribution in [0, 0.1) is 5.92 Å². The van der Waals surface area contributed by atoms with Gasteiger partial charge >= 0.3 is 0 Å². The Labute approximate surface area is 84.2 Å². The van der Waals surface area contributed by atoms with Gasteiger partial charge in [0, 0.05) is 18.8 Å². The Bertz CT molecular complexity index is 294. The average Bonchev–Trinajstić information content (AvgIpc) is 2.71. The second-order valence-corrected chi connectivity index (χ2v) is 3.71. The van der Waals surface area contributed by atoms with Gasteiger partial charge in [0.15, 0.2) is 0 Å². The molecular formula is C10H16N4. The zero-order chi connectivity index (χ0) is 9.80. The van der Waals surface area contributed by atoms with Gasteiger partial charge in [0.1, 0.15) is 12.1 Å². The lowest BCUT2D eigenvalue weighted by molar-refractivity contribution is 0.571. The quantitative estimate of drug-likeness (QED) is 0.739. The summed E-state index contributed by atoms with van der Waals surface area (Å²) in [5, 5.41) is 6.39. The SMILES string of the molecule is CNc1cc(C[C@H]2CCNC2)ncn1. The summed E-state index contributed by atoms with van der Waals surface area (Å²) in [5.41, 5.74) is 1.14. The van der Waals surface area contributed by atoms with Crippen LogP contribution >= 0.6 is 0 Å². The molecule has 1 saturated heterocycles. The van der Waals surface area contributed by atoms with Crippen molar-refractivity contribution in [3.8, 4) is 0 Å². The van der Waals surface area contributed by atoms with Crippen molar-refractivity contribution in [1.82, 2.24) is 15.3 Å². The highest BCUT2D eigenvalue weighted by molar-refractivity contribution is 5.33. The lowest BCUT2D eigenvalue weighted by atomic mass is 10.0. The molecule has 2 rings (SSSR count). The molecule has 4 nitrogen and oxygen atoms in total. The molecule has 1 atom stereocenters. The summed E-state index contributed by atoms with van der Waals surface area (Å²) in [7, 11) is 1.88. The first kappa shape index (κ1) is 9.40. The molecule has 0 saturated carbocycles. The second kappa shape index (κ2) is 4.37. The summed E-state index contributed by atoms with van der Waals surface area (Å²) in [4.78, 5) is 8.37. The summed E-state index contributed by atoms with van der Waals surface area (Å²) in [6, 6.07) is 2.03. The molecule has 76 valence electrons. The van der Waals surface area contributed by atoms with E-state index in [0.29, 0.717) is 0 Å². The summed E-state index contributed by atoms with van der Waals surface area (Å²) < 4.78 is 0. The molecule has 14 heavy (non-hydrogen) atoms. The Hall–Kier alpha value is -1.16. The standard InChI is InChI=1S/C10H16N4/c1-11-10-5-9(13-7-14-10)4-8-2-3-12-6-8/h5,7-8,12H,2-4,6H2,1H3,(H,11,13,14)/t8-/m1/s1. The summed E-state index contributed by atoms with van der Waals surface area (Å²) >= 11 is 0. The van der Waals surface area contributed by atoms with E-state index in [0.717, 1.165) is 36.9 Å². The third-order valence-corrected chi connectivity index (χ3v) is 2.64. The van der Waals surface area contributed by atoms with Crippen LogP contribution in [0.25, 0.3) is 0 Å². The topological polar surface area (TPSA) is 49.8 Å². The molecule has 1 fully saturated rings. The molecule has 0 spiro atoms. The Kier molecular flexibility index (Phi) is 2.93. The smallest absolute Gasteiger partial charge is 0.129 e. The summed E-state index contributed by atoms with van der Waals surface area (Å²) in [6.45, 7) is 2.27. The molecule has 0 radical (unpaired) electrons. The highest BCUT2D eigenvalue weighted by Crippen LogP contribution is 2.14. The largest absolute Gasteiger partial charge is 0.373 e. The van der Waals surface area contributed by atoms with Crippen molar-refractivity contribution in [2.75, 3.05) is 25.5 Å². The van der Waals surface area contributed by atoms with Gasteiger partial charge in [-0.25, -0.2) is 9.97 Å². The predicted molar refractivity (Wildman–Crippen MR) is 56.3 cm³/mol. The predicted octanol–water partition coefficient (Wildman–Crippen LogP) is 0.670. The van der Waals surface area contributed by atoms with Crippen LogP contribution in [-0.4, -0.2) is 30.1 Å². The van der Waals surface area contributed by atoms with Crippen LogP contribution in [0.1, 0.15) is 12.1 Å². The van der Waals surface area contributed by atoms with Crippen LogP contribution in [0.4, 0.5) is 5.82 Å². The van der Waals surface area contributed by atoms with Crippen molar-refractivity contribution >= 4 is 5.82 Å². The molecule has 0 aromatic carbocycles. The third kappa shape index (κ3) is 2.20. The number of hydrogen-bond acceptors (Lipinski definition) is 4. The minimum absolute atomic E-state index is 0.745. The normalized spacial score (nSPS) is 21.1. The van der Waals surface area contributed by atoms with Crippen molar-refractivity contribution in [1.29, 1.82) is 0 Å². The van der Waals surface area contributed by atoms with Gasteiger partial charge in [0.25, 0.3) is 0 Å². The lowest BCUT2D eigenvalue weighted by Crippen LogP contribution is -2.11. The number of nitrogens with zero attached hydrogens (tertiary/aromatic N) is 2. The number of rotatable bonds is 3. The monoisotopic (exact) mass is 192 g/mol. The minimum atomic E-state index is 0.745. The van der Waals surface area contributed by atoms with Gasteiger partial charge in [-0.3, -0.25) is 0 Å². The molecule has 1 aliphatic rings. The highest BCUT2D eigenvalue weighted by Gasteiger charge is 2.15. The van der Waals surface area contributed by atoms with Crippen molar-refractivity contribution in [2.24, 2.45) is 5.92 Å². The van der Waals surface area contributed by atoms with E-state index in [1.165, 1.54) is 6.42 Å². The number of hydrogen-bond donors (Lipinski definition) is 2. The lowest BCUT2D eigenvalue weighted by Gasteiger charge is -2.07. The van der Waals surface area contributed by atoms with Gasteiger partial charge in [0.2, 0.25) is 0 Å². The highest BCUT2D eigenvalue weighted by atomic mass is 15.0. The van der Waals surface area contributed by atoms with E-state index >= 15 is 0 Å². The van der Waals surface area contributed by atoms with E-state index in [-0.39, 0.29) is 0 Å². The first-order valence-electron chi connectivity index (χ1n) is 5.08. The van der Waals surface area contributed by atoms with Gasteiger partial charge in [-0.05, 0) is 31.8 Å². The Balaban J connectivity index is 2.00. The van der Waals surface area contributed by atoms with Crippen LogP contribution in [0.5, 0.6) is 0 Å². The maximum Gasteiger partial charge on any atom is 0.129 e. The van der Waals surface area contributed by atoms with E-state index < -0.39 is 0 Å². The summed E-state index contributed by atoms with van der Waals surface area (Å²) in [6.07, 6.45) is 3.95. The molecular weight excluding hydrogens is 176 g/mol. The zero-order valence-corrected chi connectivity index (χ0v) is 8.45. The Morgan fingerprint density at radius 2 is 2.50 bits per heavy atom. The minimum Gasteiger partial charge on any atom is -0.373 e. The molecule has 1 aromatic heterocycles. The fourth-order valence-electron chi connectivity index (χ4n) is 1.83. The molecule has 0 aliphatic carbocycles. The van der Waals surface area contributed by atoms with Crippen LogP contribution in [0.15, 0.2) is 12.4 Å². The number of anilines is 1. The second-order valence-electron chi connectivity index (χ2n) is 3.71. The molecule has 2 N–H and O–H groups in total. The van der Waals surface area contributed by atoms with Crippen LogP contribution in [0.3, 0.4) is 0 Å². The maximum absolute atomic E-state index is 4.27. The van der Waals surface area contributed by atoms with Crippen LogP contribution in [-0.2, 0) is 6.42 Å². The van der Waals surface area contributed by atoms with E-state index in [2.05, 4.69) is 20.6 Å². The van der Waals surface area contributed by atoms with Gasteiger partial charge in [-0.15, -0.1) is 0 Å². The molecule has 1 aromatic rings. The molecule has 2 heterocycles. The van der Waals surface area contributed by atoms with Gasteiger partial charge in [-0.1, -0.05) is 0 Å². The third-order valence-electron chi connectivity index (χ3n) is 2.64. The maximum atomic E-state index is 4.27. The van der Waals surface area contributed by atoms with Crippen molar-refractivity contribution in [3.63, 3.8) is 0 Å². The number of nitrogens with one attached hydrogen (secondary N) is 2. The molecule has 0 amide bonds. The van der Waals surface area contributed by atoms with Crippen molar-refractivity contribution in [3.05, 3.63) is 18.1 Å². The van der Waals surface area contributed by atoms with Crippen LogP contribution < -0.4 is 10.6 Å². The molecule has 4 heteroatoms. The Morgan fingerprint density at radius 1 is 1.57 bits per heavy atom. The first-order chi connectivity index (χ1) is 6.88. The van der Waals surface area contributed by atoms with Gasteiger partial charge in [0.05, 0.1) is 0 Å². The fourth-order valence-corrected chi connectivity index (χ4v) is 1.83.